The molecule has 1 atom stereocenters. The quantitative estimate of drug-likeness (QED) is 0.613. The minimum absolute atomic E-state index is 0.140. The first kappa shape index (κ1) is 12.4. The zero-order valence-electron chi connectivity index (χ0n) is 10.8. The van der Waals surface area contributed by atoms with Crippen LogP contribution in [0.3, 0.4) is 0 Å². The third-order valence-electron chi connectivity index (χ3n) is 2.73. The summed E-state index contributed by atoms with van der Waals surface area (Å²) in [5.74, 6) is 3.27. The van der Waals surface area contributed by atoms with Crippen LogP contribution in [0.2, 0.25) is 19.6 Å². The average Bonchev–Trinajstić information content (AvgIpc) is 2.75. The van der Waals surface area contributed by atoms with Crippen LogP contribution < -0.4 is 0 Å². The Morgan fingerprint density at radius 1 is 1.41 bits per heavy atom. The number of aromatic amines is 1. The van der Waals surface area contributed by atoms with Crippen molar-refractivity contribution in [1.82, 2.24) is 10.2 Å². The molecule has 17 heavy (non-hydrogen) atoms. The van der Waals surface area contributed by atoms with Crippen LogP contribution in [-0.4, -0.2) is 24.9 Å². The smallest absolute Gasteiger partial charge is 0.129 e. The van der Waals surface area contributed by atoms with Gasteiger partial charge in [0.25, 0.3) is 0 Å². The molecule has 0 spiro atoms. The Morgan fingerprint density at radius 2 is 2.24 bits per heavy atom. The molecule has 0 bridgehead atoms. The first-order valence-corrected chi connectivity index (χ1v) is 9.75. The van der Waals surface area contributed by atoms with Crippen LogP contribution in [-0.2, 0) is 4.74 Å². The second-order valence-electron chi connectivity index (χ2n) is 5.54. The van der Waals surface area contributed by atoms with Gasteiger partial charge in [-0.1, -0.05) is 25.6 Å². The predicted octanol–water partition coefficient (Wildman–Crippen LogP) is 2.88. The molecule has 1 aromatic heterocycles. The molecule has 0 radical (unpaired) electrons. The summed E-state index contributed by atoms with van der Waals surface area (Å²) in [7, 11) is -1.33. The van der Waals surface area contributed by atoms with E-state index >= 15 is 0 Å². The van der Waals surface area contributed by atoms with Gasteiger partial charge >= 0.3 is 0 Å². The third kappa shape index (κ3) is 3.45. The van der Waals surface area contributed by atoms with Crippen molar-refractivity contribution in [2.24, 2.45) is 0 Å². The first-order chi connectivity index (χ1) is 8.06. The summed E-state index contributed by atoms with van der Waals surface area (Å²) in [5, 5.41) is 7.22. The second kappa shape index (κ2) is 5.07. The van der Waals surface area contributed by atoms with Crippen molar-refractivity contribution in [2.45, 2.75) is 45.0 Å². The summed E-state index contributed by atoms with van der Waals surface area (Å²) in [6, 6.07) is 0. The summed E-state index contributed by atoms with van der Waals surface area (Å²) in [4.78, 5) is 0. The molecule has 0 aromatic carbocycles. The van der Waals surface area contributed by atoms with E-state index in [2.05, 4.69) is 41.3 Å². The zero-order valence-corrected chi connectivity index (χ0v) is 11.8. The summed E-state index contributed by atoms with van der Waals surface area (Å²) in [6.07, 6.45) is 5.48. The number of aromatic nitrogens is 2. The van der Waals surface area contributed by atoms with Crippen molar-refractivity contribution in [1.29, 1.82) is 0 Å². The number of ether oxygens (including phenoxy) is 1. The summed E-state index contributed by atoms with van der Waals surface area (Å²) in [6.45, 7) is 7.59. The average molecular weight is 248 g/mol. The molecular weight excluding hydrogens is 228 g/mol. The Bertz CT molecular complexity index is 430. The van der Waals surface area contributed by atoms with E-state index in [9.17, 15) is 0 Å². The normalized spacial score (nSPS) is 20.8. The van der Waals surface area contributed by atoms with E-state index in [1.165, 1.54) is 6.42 Å². The van der Waals surface area contributed by atoms with E-state index in [1.807, 2.05) is 6.20 Å². The van der Waals surface area contributed by atoms with E-state index in [-0.39, 0.29) is 6.10 Å². The van der Waals surface area contributed by atoms with Crippen LogP contribution in [0, 0.1) is 11.5 Å². The molecule has 1 aliphatic rings. The number of nitrogens with one attached hydrogen (secondary N) is 1. The molecule has 1 fully saturated rings. The Hall–Kier alpha value is -1.05. The number of rotatable bonds is 1. The van der Waals surface area contributed by atoms with Crippen LogP contribution in [0.25, 0.3) is 0 Å². The number of H-pyrrole nitrogens is 1. The highest BCUT2D eigenvalue weighted by atomic mass is 28.3. The van der Waals surface area contributed by atoms with Crippen molar-refractivity contribution in [3.8, 4) is 11.5 Å². The highest BCUT2D eigenvalue weighted by Gasteiger charge is 2.21. The second-order valence-corrected chi connectivity index (χ2v) is 10.3. The van der Waals surface area contributed by atoms with Crippen molar-refractivity contribution in [2.75, 3.05) is 6.61 Å². The molecule has 0 saturated carbocycles. The molecule has 1 aromatic rings. The molecule has 92 valence electrons. The Kier molecular flexibility index (Phi) is 3.70. The van der Waals surface area contributed by atoms with Gasteiger partial charge in [-0.3, -0.25) is 5.10 Å². The minimum Gasteiger partial charge on any atom is -0.372 e. The molecule has 1 aliphatic heterocycles. The van der Waals surface area contributed by atoms with Crippen LogP contribution in [0.4, 0.5) is 0 Å². The number of hydrogen-bond donors (Lipinski definition) is 1. The van der Waals surface area contributed by atoms with Gasteiger partial charge in [-0.25, -0.2) is 0 Å². The molecule has 0 amide bonds. The van der Waals surface area contributed by atoms with E-state index in [0.717, 1.165) is 30.7 Å². The lowest BCUT2D eigenvalue weighted by molar-refractivity contribution is 0.0121. The van der Waals surface area contributed by atoms with Gasteiger partial charge in [0.1, 0.15) is 19.9 Å². The lowest BCUT2D eigenvalue weighted by Gasteiger charge is -2.21. The fourth-order valence-electron chi connectivity index (χ4n) is 1.86. The molecule has 2 rings (SSSR count). The zero-order chi connectivity index (χ0) is 12.3. The molecule has 2 heterocycles. The Labute approximate surface area is 104 Å². The maximum absolute atomic E-state index is 5.76. The molecule has 4 heteroatoms. The topological polar surface area (TPSA) is 37.9 Å². The van der Waals surface area contributed by atoms with Crippen LogP contribution >= 0.6 is 0 Å². The summed E-state index contributed by atoms with van der Waals surface area (Å²) in [5.41, 5.74) is 5.39. The molecule has 1 unspecified atom stereocenters. The largest absolute Gasteiger partial charge is 0.372 e. The van der Waals surface area contributed by atoms with Crippen LogP contribution in [0.1, 0.15) is 36.6 Å². The summed E-state index contributed by atoms with van der Waals surface area (Å²) < 4.78 is 5.76. The molecule has 1 N–H and O–H groups in total. The maximum atomic E-state index is 5.76. The van der Waals surface area contributed by atoms with Gasteiger partial charge in [0.05, 0.1) is 5.56 Å². The van der Waals surface area contributed by atoms with Gasteiger partial charge in [0, 0.05) is 12.8 Å². The predicted molar refractivity (Wildman–Crippen MR) is 71.4 cm³/mol. The highest BCUT2D eigenvalue weighted by molar-refractivity contribution is 6.83. The van der Waals surface area contributed by atoms with Gasteiger partial charge in [0.2, 0.25) is 0 Å². The van der Waals surface area contributed by atoms with Gasteiger partial charge in [-0.05, 0) is 19.3 Å². The van der Waals surface area contributed by atoms with Crippen molar-refractivity contribution < 1.29 is 4.74 Å². The summed E-state index contributed by atoms with van der Waals surface area (Å²) >= 11 is 0. The van der Waals surface area contributed by atoms with Crippen molar-refractivity contribution >= 4 is 8.07 Å². The van der Waals surface area contributed by atoms with Gasteiger partial charge in [-0.2, -0.15) is 5.10 Å². The number of hydrogen-bond acceptors (Lipinski definition) is 2. The van der Waals surface area contributed by atoms with E-state index in [4.69, 9.17) is 4.74 Å². The van der Waals surface area contributed by atoms with E-state index < -0.39 is 8.07 Å². The molecule has 1 saturated heterocycles. The highest BCUT2D eigenvalue weighted by Crippen LogP contribution is 2.28. The van der Waals surface area contributed by atoms with E-state index in [0.29, 0.717) is 0 Å². The molecule has 0 aliphatic carbocycles. The van der Waals surface area contributed by atoms with E-state index in [1.54, 1.807) is 0 Å². The fraction of sp³-hybridized carbons (Fsp3) is 0.615. The third-order valence-corrected chi connectivity index (χ3v) is 3.60. The fourth-order valence-corrected chi connectivity index (χ4v) is 2.37. The van der Waals surface area contributed by atoms with Gasteiger partial charge < -0.3 is 4.74 Å². The first-order valence-electron chi connectivity index (χ1n) is 6.25. The Morgan fingerprint density at radius 3 is 2.88 bits per heavy atom. The number of nitrogens with zero attached hydrogens (tertiary/aromatic N) is 1. The SMILES string of the molecule is C[Si](C)(C)C#Cc1c[nH]nc1C1CCCCO1. The lowest BCUT2D eigenvalue weighted by atomic mass is 10.0. The van der Waals surface area contributed by atoms with Crippen molar-refractivity contribution in [3.63, 3.8) is 0 Å². The maximum Gasteiger partial charge on any atom is 0.129 e. The van der Waals surface area contributed by atoms with Gasteiger partial charge in [0.15, 0.2) is 0 Å². The van der Waals surface area contributed by atoms with Crippen molar-refractivity contribution in [3.05, 3.63) is 17.5 Å². The monoisotopic (exact) mass is 248 g/mol. The van der Waals surface area contributed by atoms with Gasteiger partial charge in [-0.15, -0.1) is 5.54 Å². The molecule has 3 nitrogen and oxygen atoms in total. The van der Waals surface area contributed by atoms with Crippen LogP contribution in [0.15, 0.2) is 6.20 Å². The standard InChI is InChI=1S/C13H20N2OSi/c1-17(2,3)9-7-11-10-14-15-13(11)12-6-4-5-8-16-12/h10,12H,4-6,8H2,1-3H3,(H,14,15). The minimum atomic E-state index is -1.33. The Balaban J connectivity index is 2.18. The van der Waals surface area contributed by atoms with Crippen LogP contribution in [0.5, 0.6) is 0 Å². The lowest BCUT2D eigenvalue weighted by Crippen LogP contribution is -2.16. The molecular formula is C13H20N2OSi.